The molecule has 10 heteroatoms. The van der Waals surface area contributed by atoms with E-state index in [9.17, 15) is 14.7 Å². The molecule has 4 N–H and O–H groups in total. The molecule has 298 valence electrons. The zero-order valence-electron chi connectivity index (χ0n) is 35.1. The van der Waals surface area contributed by atoms with E-state index < -0.39 is 33.8 Å². The van der Waals surface area contributed by atoms with Gasteiger partial charge in [-0.1, -0.05) is 74.0 Å². The number of hydrogen-bond donors (Lipinski definition) is 3. The van der Waals surface area contributed by atoms with Crippen LogP contribution in [0.2, 0.25) is 0 Å². The fourth-order valence-electron chi connectivity index (χ4n) is 12.6. The standard InChI is InChI=1S/C43H71N5O5/c1-25(2)27(5)38(9)18-19-40(11)28-14-15-31-39(10)21-52-23-43(31,29(28)16-17-41(40,12)32(38)36(50)51)20-30(33(39)53-22-42(13,44)26(3)4)48-34(45-24-46-48)35(49)47-37(6,7)8/h16,24-28,30-33H,14-15,17-23,44H2,1-13H3,(H,47,49)(H,50,51)/t27-,28+,30-,31+,32-,33+,38-,39-,40-,41+,42+,43+/m1/s1. The second-order valence-electron chi connectivity index (χ2n) is 21.2. The molecule has 0 unspecified atom stereocenters. The van der Waals surface area contributed by atoms with E-state index in [-0.39, 0.29) is 63.8 Å². The van der Waals surface area contributed by atoms with Crippen LogP contribution >= 0.6 is 0 Å². The molecule has 2 bridgehead atoms. The third kappa shape index (κ3) is 6.05. The highest BCUT2D eigenvalue weighted by atomic mass is 16.5. The third-order valence-corrected chi connectivity index (χ3v) is 16.6. The van der Waals surface area contributed by atoms with Crippen molar-refractivity contribution in [3.63, 3.8) is 0 Å². The maximum absolute atomic E-state index is 13.8. The van der Waals surface area contributed by atoms with Gasteiger partial charge in [0.05, 0.1) is 37.9 Å². The van der Waals surface area contributed by atoms with Crippen LogP contribution in [0.25, 0.3) is 0 Å². The summed E-state index contributed by atoms with van der Waals surface area (Å²) in [5.74, 6) is 0.328. The van der Waals surface area contributed by atoms with Crippen LogP contribution in [0.4, 0.5) is 0 Å². The highest BCUT2D eigenvalue weighted by molar-refractivity contribution is 5.91. The summed E-state index contributed by atoms with van der Waals surface area (Å²) in [4.78, 5) is 31.9. The van der Waals surface area contributed by atoms with Crippen molar-refractivity contribution >= 4 is 11.9 Å². The van der Waals surface area contributed by atoms with Crippen molar-refractivity contribution < 1.29 is 24.2 Å². The lowest BCUT2D eigenvalue weighted by molar-refractivity contribution is -0.252. The van der Waals surface area contributed by atoms with Gasteiger partial charge in [0.2, 0.25) is 5.82 Å². The monoisotopic (exact) mass is 738 g/mol. The predicted molar refractivity (Wildman–Crippen MR) is 207 cm³/mol. The van der Waals surface area contributed by atoms with Crippen molar-refractivity contribution in [2.24, 2.45) is 68.3 Å². The zero-order chi connectivity index (χ0) is 39.3. The molecule has 0 aromatic carbocycles. The van der Waals surface area contributed by atoms with Crippen LogP contribution in [0.3, 0.4) is 0 Å². The molecule has 1 saturated heterocycles. The second-order valence-corrected chi connectivity index (χ2v) is 21.2. The van der Waals surface area contributed by atoms with E-state index in [1.807, 2.05) is 32.4 Å². The average molecular weight is 738 g/mol. The first-order valence-corrected chi connectivity index (χ1v) is 20.5. The summed E-state index contributed by atoms with van der Waals surface area (Å²) in [5.41, 5.74) is 5.68. The minimum absolute atomic E-state index is 0.198. The normalized spacial score (nSPS) is 41.4. The van der Waals surface area contributed by atoms with Gasteiger partial charge in [-0.25, -0.2) is 9.67 Å². The van der Waals surface area contributed by atoms with Gasteiger partial charge in [-0.05, 0) is 112 Å². The maximum atomic E-state index is 13.8. The number of allylic oxidation sites excluding steroid dienone is 1. The van der Waals surface area contributed by atoms with Gasteiger partial charge >= 0.3 is 5.97 Å². The first kappa shape index (κ1) is 40.4. The summed E-state index contributed by atoms with van der Waals surface area (Å²) in [7, 11) is 0. The van der Waals surface area contributed by atoms with Crippen molar-refractivity contribution in [1.82, 2.24) is 20.1 Å². The fraction of sp³-hybridized carbons (Fsp3) is 0.860. The largest absolute Gasteiger partial charge is 0.481 e. The van der Waals surface area contributed by atoms with Crippen molar-refractivity contribution in [1.29, 1.82) is 0 Å². The minimum Gasteiger partial charge on any atom is -0.481 e. The number of nitrogens with zero attached hydrogens (tertiary/aromatic N) is 3. The molecule has 0 radical (unpaired) electrons. The number of ether oxygens (including phenoxy) is 2. The molecule has 4 fully saturated rings. The number of aliphatic carboxylic acids is 1. The SMILES string of the molecule is CC(C)[C@@H](C)[C@@]1(C)CC[C@]2(C)[C@H]3CC[C@@H]4[C@@]5(COC[C@@]4(C)[C@@H](OC[C@](C)(N)C(C)C)[C@H](n4ncnc4C(=O)NC(C)(C)C)C5)C3=CC[C@@]2(C)[C@@H]1C(=O)O. The Morgan fingerprint density at radius 1 is 1.06 bits per heavy atom. The third-order valence-electron chi connectivity index (χ3n) is 16.6. The molecule has 6 rings (SSSR count). The van der Waals surface area contributed by atoms with Crippen LogP contribution in [0, 0.1) is 62.6 Å². The Bertz CT molecular complexity index is 1610. The van der Waals surface area contributed by atoms with Gasteiger partial charge in [0.25, 0.3) is 5.91 Å². The number of aromatic nitrogens is 3. The quantitative estimate of drug-likeness (QED) is 0.219. The van der Waals surface area contributed by atoms with Crippen molar-refractivity contribution in [3.05, 3.63) is 23.8 Å². The lowest BCUT2D eigenvalue weighted by Crippen LogP contribution is -2.69. The molecule has 53 heavy (non-hydrogen) atoms. The Labute approximate surface area is 319 Å². The van der Waals surface area contributed by atoms with E-state index >= 15 is 0 Å². The number of rotatable bonds is 9. The highest BCUT2D eigenvalue weighted by Gasteiger charge is 2.72. The smallest absolute Gasteiger partial charge is 0.307 e. The van der Waals surface area contributed by atoms with Gasteiger partial charge in [0.15, 0.2) is 0 Å². The molecule has 1 aromatic rings. The molecule has 1 aromatic heterocycles. The molecular formula is C43H71N5O5. The first-order chi connectivity index (χ1) is 24.4. The number of nitrogens with two attached hydrogens (primary N) is 1. The van der Waals surface area contributed by atoms with Crippen LogP contribution in [-0.4, -0.2) is 68.7 Å². The average Bonchev–Trinajstić information content (AvgIpc) is 3.53. The van der Waals surface area contributed by atoms with Crippen molar-refractivity contribution in [2.75, 3.05) is 19.8 Å². The lowest BCUT2D eigenvalue weighted by atomic mass is 9.34. The number of hydrogen-bond acceptors (Lipinski definition) is 7. The minimum atomic E-state index is -0.649. The highest BCUT2D eigenvalue weighted by Crippen LogP contribution is 2.75. The predicted octanol–water partition coefficient (Wildman–Crippen LogP) is 7.69. The van der Waals surface area contributed by atoms with Crippen molar-refractivity contribution in [2.45, 2.75) is 152 Å². The number of carboxylic acids is 1. The van der Waals surface area contributed by atoms with Crippen LogP contribution in [0.1, 0.15) is 145 Å². The van der Waals surface area contributed by atoms with Crippen LogP contribution in [0.15, 0.2) is 18.0 Å². The van der Waals surface area contributed by atoms with E-state index in [0.29, 0.717) is 32.2 Å². The fourth-order valence-corrected chi connectivity index (χ4v) is 12.6. The number of nitrogens with one attached hydrogen (secondary N) is 1. The number of fused-ring (bicyclic) bond motifs is 3. The molecule has 0 spiro atoms. The first-order valence-electron chi connectivity index (χ1n) is 20.5. The Kier molecular flexibility index (Phi) is 10.0. The van der Waals surface area contributed by atoms with Crippen LogP contribution < -0.4 is 11.1 Å². The van der Waals surface area contributed by atoms with E-state index in [4.69, 9.17) is 20.3 Å². The molecule has 1 aliphatic heterocycles. The van der Waals surface area contributed by atoms with E-state index in [0.717, 1.165) is 32.1 Å². The van der Waals surface area contributed by atoms with Crippen LogP contribution in [-0.2, 0) is 14.3 Å². The number of carbonyl (C=O) groups excluding carboxylic acids is 1. The molecule has 3 saturated carbocycles. The van der Waals surface area contributed by atoms with Gasteiger partial charge < -0.3 is 25.6 Å². The lowest BCUT2D eigenvalue weighted by Gasteiger charge is -2.71. The second kappa shape index (κ2) is 13.1. The van der Waals surface area contributed by atoms with E-state index in [2.05, 4.69) is 78.7 Å². The summed E-state index contributed by atoms with van der Waals surface area (Å²) in [5, 5.41) is 19.0. The molecular weight excluding hydrogens is 667 g/mol. The molecule has 12 atom stereocenters. The maximum Gasteiger partial charge on any atom is 0.307 e. The van der Waals surface area contributed by atoms with Gasteiger partial charge in [-0.2, -0.15) is 5.10 Å². The molecule has 10 nitrogen and oxygen atoms in total. The Morgan fingerprint density at radius 3 is 2.34 bits per heavy atom. The van der Waals surface area contributed by atoms with Gasteiger partial charge in [-0.3, -0.25) is 9.59 Å². The summed E-state index contributed by atoms with van der Waals surface area (Å²) in [6.45, 7) is 29.8. The zero-order valence-corrected chi connectivity index (χ0v) is 35.1. The number of amides is 1. The van der Waals surface area contributed by atoms with Crippen molar-refractivity contribution in [3.8, 4) is 0 Å². The Hall–Kier alpha value is -2.30. The topological polar surface area (TPSA) is 142 Å². The number of carboxylic acid groups (broad SMARTS) is 1. The Balaban J connectivity index is 1.48. The summed E-state index contributed by atoms with van der Waals surface area (Å²) in [6.07, 6.45) is 8.99. The molecule has 4 aliphatic carbocycles. The molecule has 1 amide bonds. The Morgan fingerprint density at radius 2 is 1.74 bits per heavy atom. The van der Waals surface area contributed by atoms with Gasteiger partial charge in [0, 0.05) is 21.9 Å². The van der Waals surface area contributed by atoms with Gasteiger partial charge in [0.1, 0.15) is 6.33 Å². The summed E-state index contributed by atoms with van der Waals surface area (Å²) >= 11 is 0. The summed E-state index contributed by atoms with van der Waals surface area (Å²) < 4.78 is 15.7. The molecule has 5 aliphatic rings. The molecule has 2 heterocycles. The van der Waals surface area contributed by atoms with E-state index in [1.165, 1.54) is 11.9 Å². The van der Waals surface area contributed by atoms with Crippen LogP contribution in [0.5, 0.6) is 0 Å². The summed E-state index contributed by atoms with van der Waals surface area (Å²) in [6, 6.07) is -0.291. The van der Waals surface area contributed by atoms with Gasteiger partial charge in [-0.15, -0.1) is 0 Å². The number of carbonyl (C=O) groups is 2. The van der Waals surface area contributed by atoms with E-state index in [1.54, 1.807) is 0 Å².